The molecule has 140 valence electrons. The SMILES string of the molecule is CC1(C)CCCN(C(CBr)C(=O)C(CBr)N2CCCC(C)(C)C2)C1. The Morgan fingerprint density at radius 2 is 1.25 bits per heavy atom. The van der Waals surface area contributed by atoms with Gasteiger partial charge in [0, 0.05) is 23.7 Å². The van der Waals surface area contributed by atoms with E-state index in [4.69, 9.17) is 0 Å². The van der Waals surface area contributed by atoms with Crippen molar-refractivity contribution in [3.63, 3.8) is 0 Å². The Labute approximate surface area is 165 Å². The number of nitrogens with zero attached hydrogens (tertiary/aromatic N) is 2. The van der Waals surface area contributed by atoms with Gasteiger partial charge in [-0.25, -0.2) is 0 Å². The van der Waals surface area contributed by atoms with Gasteiger partial charge in [0.1, 0.15) is 0 Å². The van der Waals surface area contributed by atoms with E-state index >= 15 is 0 Å². The Morgan fingerprint density at radius 3 is 1.54 bits per heavy atom. The predicted octanol–water partition coefficient (Wildman–Crippen LogP) is 4.33. The van der Waals surface area contributed by atoms with Gasteiger partial charge in [-0.2, -0.15) is 0 Å². The smallest absolute Gasteiger partial charge is 0.168 e. The van der Waals surface area contributed by atoms with E-state index in [1.807, 2.05) is 0 Å². The Balaban J connectivity index is 2.10. The highest BCUT2D eigenvalue weighted by Gasteiger charge is 2.39. The summed E-state index contributed by atoms with van der Waals surface area (Å²) in [5, 5.41) is 1.48. The Bertz CT molecular complexity index is 401. The Hall–Kier alpha value is 0.550. The van der Waals surface area contributed by atoms with Crippen LogP contribution in [0.15, 0.2) is 0 Å². The predicted molar refractivity (Wildman–Crippen MR) is 109 cm³/mol. The Morgan fingerprint density at radius 1 is 0.875 bits per heavy atom. The van der Waals surface area contributed by atoms with Crippen LogP contribution in [-0.2, 0) is 4.79 Å². The summed E-state index contributed by atoms with van der Waals surface area (Å²) in [7, 11) is 0. The van der Waals surface area contributed by atoms with Gasteiger partial charge in [-0.1, -0.05) is 59.6 Å². The minimum absolute atomic E-state index is 0.00263. The first-order chi connectivity index (χ1) is 11.2. The van der Waals surface area contributed by atoms with Crippen molar-refractivity contribution in [2.45, 2.75) is 65.5 Å². The molecule has 0 aromatic heterocycles. The number of hydrogen-bond acceptors (Lipinski definition) is 3. The normalized spacial score (nSPS) is 27.6. The van der Waals surface area contributed by atoms with E-state index in [1.54, 1.807) is 0 Å². The van der Waals surface area contributed by atoms with Gasteiger partial charge in [0.25, 0.3) is 0 Å². The molecule has 2 rings (SSSR count). The van der Waals surface area contributed by atoms with Gasteiger partial charge in [-0.05, 0) is 49.6 Å². The summed E-state index contributed by atoms with van der Waals surface area (Å²) in [6.07, 6.45) is 4.91. The molecule has 3 nitrogen and oxygen atoms in total. The Kier molecular flexibility index (Phi) is 7.38. The van der Waals surface area contributed by atoms with Gasteiger partial charge in [0.15, 0.2) is 5.78 Å². The fourth-order valence-corrected chi connectivity index (χ4v) is 5.86. The summed E-state index contributed by atoms with van der Waals surface area (Å²) >= 11 is 7.27. The number of halogens is 2. The lowest BCUT2D eigenvalue weighted by Crippen LogP contribution is -2.58. The van der Waals surface area contributed by atoms with Gasteiger partial charge in [-0.3, -0.25) is 14.6 Å². The van der Waals surface area contributed by atoms with Crippen LogP contribution < -0.4 is 0 Å². The third-order valence-corrected chi connectivity index (χ3v) is 6.92. The number of carbonyl (C=O) groups excluding carboxylic acids is 1. The van der Waals surface area contributed by atoms with E-state index in [0.717, 1.165) is 36.8 Å². The van der Waals surface area contributed by atoms with Crippen LogP contribution in [0.25, 0.3) is 0 Å². The lowest BCUT2D eigenvalue weighted by Gasteiger charge is -2.45. The van der Waals surface area contributed by atoms with Gasteiger partial charge < -0.3 is 0 Å². The quantitative estimate of drug-likeness (QED) is 0.545. The standard InChI is InChI=1S/C19H34Br2N2O/c1-18(2)7-5-9-22(13-18)15(11-20)17(24)16(12-21)23-10-6-8-19(3,4)14-23/h15-16H,5-14H2,1-4H3. The molecule has 0 spiro atoms. The van der Waals surface area contributed by atoms with E-state index in [2.05, 4.69) is 69.4 Å². The topological polar surface area (TPSA) is 23.6 Å². The molecule has 2 aliphatic heterocycles. The van der Waals surface area contributed by atoms with Crippen molar-refractivity contribution in [3.8, 4) is 0 Å². The lowest BCUT2D eigenvalue weighted by atomic mass is 9.82. The summed E-state index contributed by atoms with van der Waals surface area (Å²) < 4.78 is 0. The highest BCUT2D eigenvalue weighted by atomic mass is 79.9. The molecule has 0 bridgehead atoms. The van der Waals surface area contributed by atoms with Crippen LogP contribution in [0.1, 0.15) is 53.4 Å². The molecule has 0 N–H and O–H groups in total. The third-order valence-electron chi connectivity index (χ3n) is 5.69. The van der Waals surface area contributed by atoms with Crippen molar-refractivity contribution in [2.75, 3.05) is 36.8 Å². The maximum Gasteiger partial charge on any atom is 0.168 e. The fourth-order valence-electron chi connectivity index (χ4n) is 4.40. The zero-order valence-electron chi connectivity index (χ0n) is 15.8. The average Bonchev–Trinajstić information content (AvgIpc) is 2.47. The van der Waals surface area contributed by atoms with E-state index in [0.29, 0.717) is 16.6 Å². The van der Waals surface area contributed by atoms with E-state index in [-0.39, 0.29) is 12.1 Å². The molecule has 2 saturated heterocycles. The monoisotopic (exact) mass is 464 g/mol. The van der Waals surface area contributed by atoms with E-state index in [9.17, 15) is 4.79 Å². The van der Waals surface area contributed by atoms with Crippen molar-refractivity contribution in [2.24, 2.45) is 10.8 Å². The number of Topliss-reactive ketones (excluding diaryl/α,β-unsaturated/α-hetero) is 1. The van der Waals surface area contributed by atoms with Gasteiger partial charge in [-0.15, -0.1) is 0 Å². The number of likely N-dealkylation sites (tertiary alicyclic amines) is 2. The number of piperidine rings is 2. The molecule has 2 heterocycles. The maximum atomic E-state index is 13.4. The second-order valence-electron chi connectivity index (χ2n) is 9.22. The molecule has 0 amide bonds. The highest BCUT2D eigenvalue weighted by molar-refractivity contribution is 9.09. The number of rotatable bonds is 6. The van der Waals surface area contributed by atoms with E-state index < -0.39 is 0 Å². The number of hydrogen-bond donors (Lipinski definition) is 0. The number of ketones is 1. The molecule has 24 heavy (non-hydrogen) atoms. The zero-order valence-corrected chi connectivity index (χ0v) is 19.0. The minimum Gasteiger partial charge on any atom is -0.296 e. The summed E-state index contributed by atoms with van der Waals surface area (Å²) in [6, 6.07) is -0.00525. The average molecular weight is 466 g/mol. The van der Waals surface area contributed by atoms with Crippen LogP contribution >= 0.6 is 31.9 Å². The molecule has 2 fully saturated rings. The largest absolute Gasteiger partial charge is 0.296 e. The second-order valence-corrected chi connectivity index (χ2v) is 10.5. The molecular weight excluding hydrogens is 432 g/mol. The van der Waals surface area contributed by atoms with Gasteiger partial charge in [0.05, 0.1) is 12.1 Å². The van der Waals surface area contributed by atoms with Crippen LogP contribution in [-0.4, -0.2) is 64.5 Å². The third kappa shape index (κ3) is 5.28. The van der Waals surface area contributed by atoms with Crippen molar-refractivity contribution >= 4 is 37.6 Å². The van der Waals surface area contributed by atoms with Crippen molar-refractivity contribution < 1.29 is 4.79 Å². The summed E-state index contributed by atoms with van der Waals surface area (Å²) in [5.41, 5.74) is 0.631. The summed E-state index contributed by atoms with van der Waals surface area (Å²) in [6.45, 7) is 13.4. The minimum atomic E-state index is -0.00263. The molecule has 0 aromatic carbocycles. The zero-order chi connectivity index (χ0) is 18.0. The fraction of sp³-hybridized carbons (Fsp3) is 0.947. The summed E-state index contributed by atoms with van der Waals surface area (Å²) in [4.78, 5) is 18.2. The molecular formula is C19H34Br2N2O. The van der Waals surface area contributed by atoms with Crippen LogP contribution in [0, 0.1) is 10.8 Å². The van der Waals surface area contributed by atoms with Crippen LogP contribution in [0.5, 0.6) is 0 Å². The van der Waals surface area contributed by atoms with E-state index in [1.165, 1.54) is 25.7 Å². The van der Waals surface area contributed by atoms with Crippen LogP contribution in [0.2, 0.25) is 0 Å². The van der Waals surface area contributed by atoms with Crippen LogP contribution in [0.4, 0.5) is 0 Å². The maximum absolute atomic E-state index is 13.4. The molecule has 5 heteroatoms. The van der Waals surface area contributed by atoms with Gasteiger partial charge >= 0.3 is 0 Å². The highest BCUT2D eigenvalue weighted by Crippen LogP contribution is 2.32. The molecule has 0 aliphatic carbocycles. The van der Waals surface area contributed by atoms with Crippen molar-refractivity contribution in [3.05, 3.63) is 0 Å². The molecule has 2 atom stereocenters. The molecule has 2 aliphatic rings. The number of carbonyl (C=O) groups is 1. The van der Waals surface area contributed by atoms with Crippen molar-refractivity contribution in [1.29, 1.82) is 0 Å². The molecule has 0 saturated carbocycles. The first-order valence-corrected chi connectivity index (χ1v) is 11.6. The first-order valence-electron chi connectivity index (χ1n) is 9.33. The molecule has 2 unspecified atom stereocenters. The number of alkyl halides is 2. The van der Waals surface area contributed by atoms with Crippen LogP contribution in [0.3, 0.4) is 0 Å². The van der Waals surface area contributed by atoms with Gasteiger partial charge in [0.2, 0.25) is 0 Å². The summed E-state index contributed by atoms with van der Waals surface area (Å²) in [5.74, 6) is 0.388. The first kappa shape index (κ1) is 20.9. The van der Waals surface area contributed by atoms with Crippen molar-refractivity contribution in [1.82, 2.24) is 9.80 Å². The molecule has 0 aromatic rings. The molecule has 0 radical (unpaired) electrons. The lowest BCUT2D eigenvalue weighted by molar-refractivity contribution is -0.130. The second kappa shape index (κ2) is 8.49.